The highest BCUT2D eigenvalue weighted by atomic mass is 35.5. The monoisotopic (exact) mass is 279 g/mol. The maximum Gasteiger partial charge on any atom is 0.416 e. The zero-order valence-corrected chi connectivity index (χ0v) is 11.4. The normalized spacial score (nSPS) is 13.8. The highest BCUT2D eigenvalue weighted by molar-refractivity contribution is 6.33. The quantitative estimate of drug-likeness (QED) is 0.798. The molecule has 1 unspecified atom stereocenters. The number of nitrogens with one attached hydrogen (secondary N) is 1. The lowest BCUT2D eigenvalue weighted by molar-refractivity contribution is -0.137. The van der Waals surface area contributed by atoms with E-state index < -0.39 is 11.7 Å². The van der Waals surface area contributed by atoms with Crippen molar-refractivity contribution in [3.8, 4) is 0 Å². The average Bonchev–Trinajstić information content (AvgIpc) is 2.25. The zero-order valence-electron chi connectivity index (χ0n) is 10.6. The summed E-state index contributed by atoms with van der Waals surface area (Å²) in [6.45, 7) is 6.13. The topological polar surface area (TPSA) is 12.0 Å². The summed E-state index contributed by atoms with van der Waals surface area (Å²) in [4.78, 5) is 0. The van der Waals surface area contributed by atoms with Crippen LogP contribution in [-0.2, 0) is 6.18 Å². The number of anilines is 1. The van der Waals surface area contributed by atoms with Crippen LogP contribution in [0.15, 0.2) is 18.2 Å². The van der Waals surface area contributed by atoms with Crippen LogP contribution >= 0.6 is 11.6 Å². The van der Waals surface area contributed by atoms with Crippen molar-refractivity contribution in [2.45, 2.75) is 39.4 Å². The molecule has 5 heteroatoms. The van der Waals surface area contributed by atoms with Crippen LogP contribution in [0.25, 0.3) is 0 Å². The molecular formula is C13H17ClF3N. The second kappa shape index (κ2) is 5.83. The molecular weight excluding hydrogens is 263 g/mol. The fourth-order valence-corrected chi connectivity index (χ4v) is 1.98. The Morgan fingerprint density at radius 3 is 2.28 bits per heavy atom. The third kappa shape index (κ3) is 3.80. The molecule has 1 nitrogen and oxygen atoms in total. The van der Waals surface area contributed by atoms with Crippen molar-refractivity contribution in [3.63, 3.8) is 0 Å². The van der Waals surface area contributed by atoms with Crippen molar-refractivity contribution in [2.24, 2.45) is 5.92 Å². The molecule has 1 atom stereocenters. The Kier molecular flexibility index (Phi) is 4.91. The van der Waals surface area contributed by atoms with Crippen LogP contribution in [0.2, 0.25) is 5.02 Å². The number of rotatable bonds is 4. The molecule has 0 aliphatic heterocycles. The van der Waals surface area contributed by atoms with Crippen molar-refractivity contribution in [2.75, 3.05) is 5.32 Å². The summed E-state index contributed by atoms with van der Waals surface area (Å²) in [5.74, 6) is 0.383. The Morgan fingerprint density at radius 1 is 1.28 bits per heavy atom. The number of halogens is 4. The van der Waals surface area contributed by atoms with Gasteiger partial charge in [0.05, 0.1) is 16.3 Å². The second-order valence-electron chi connectivity index (χ2n) is 4.60. The zero-order chi connectivity index (χ0) is 13.9. The van der Waals surface area contributed by atoms with Crippen LogP contribution in [-0.4, -0.2) is 6.04 Å². The molecule has 0 aromatic heterocycles. The van der Waals surface area contributed by atoms with Gasteiger partial charge in [0.15, 0.2) is 0 Å². The number of hydrogen-bond acceptors (Lipinski definition) is 1. The van der Waals surface area contributed by atoms with Gasteiger partial charge in [-0.1, -0.05) is 32.4 Å². The van der Waals surface area contributed by atoms with E-state index in [1.165, 1.54) is 6.07 Å². The minimum atomic E-state index is -4.36. The van der Waals surface area contributed by atoms with E-state index in [2.05, 4.69) is 19.2 Å². The Labute approximate surface area is 110 Å². The molecule has 102 valence electrons. The lowest BCUT2D eigenvalue weighted by atomic mass is 10.0. The van der Waals surface area contributed by atoms with Gasteiger partial charge in [-0.2, -0.15) is 13.2 Å². The van der Waals surface area contributed by atoms with Gasteiger partial charge in [-0.05, 0) is 30.5 Å². The highest BCUT2D eigenvalue weighted by Gasteiger charge is 2.31. The first kappa shape index (κ1) is 15.2. The van der Waals surface area contributed by atoms with E-state index in [-0.39, 0.29) is 11.1 Å². The maximum atomic E-state index is 12.5. The molecule has 0 fully saturated rings. The first-order chi connectivity index (χ1) is 8.25. The molecule has 0 aliphatic carbocycles. The minimum Gasteiger partial charge on any atom is -0.381 e. The van der Waals surface area contributed by atoms with Crippen molar-refractivity contribution in [1.82, 2.24) is 0 Å². The largest absolute Gasteiger partial charge is 0.416 e. The molecule has 1 N–H and O–H groups in total. The number of benzene rings is 1. The van der Waals surface area contributed by atoms with Crippen LogP contribution in [0, 0.1) is 5.92 Å². The number of hydrogen-bond donors (Lipinski definition) is 1. The molecule has 0 radical (unpaired) electrons. The summed E-state index contributed by atoms with van der Waals surface area (Å²) in [5.41, 5.74) is -0.180. The van der Waals surface area contributed by atoms with Gasteiger partial charge < -0.3 is 5.32 Å². The van der Waals surface area contributed by atoms with Gasteiger partial charge in [-0.25, -0.2) is 0 Å². The van der Waals surface area contributed by atoms with E-state index in [4.69, 9.17) is 11.6 Å². The van der Waals surface area contributed by atoms with Crippen LogP contribution in [0.3, 0.4) is 0 Å². The van der Waals surface area contributed by atoms with Crippen molar-refractivity contribution in [1.29, 1.82) is 0 Å². The molecule has 1 aromatic carbocycles. The van der Waals surface area contributed by atoms with E-state index in [0.29, 0.717) is 11.6 Å². The maximum absolute atomic E-state index is 12.5. The Balaban J connectivity index is 2.93. The molecule has 0 spiro atoms. The van der Waals surface area contributed by atoms with E-state index in [9.17, 15) is 13.2 Å². The summed E-state index contributed by atoms with van der Waals surface area (Å²) in [5, 5.41) is 3.28. The molecule has 0 saturated heterocycles. The molecule has 0 heterocycles. The van der Waals surface area contributed by atoms with Gasteiger partial charge in [-0.15, -0.1) is 0 Å². The Bertz CT molecular complexity index is 402. The molecule has 18 heavy (non-hydrogen) atoms. The third-order valence-corrected chi connectivity index (χ3v) is 3.19. The van der Waals surface area contributed by atoms with Crippen LogP contribution in [0.4, 0.5) is 18.9 Å². The fraction of sp³-hybridized carbons (Fsp3) is 0.538. The van der Waals surface area contributed by atoms with Crippen molar-refractivity contribution >= 4 is 17.3 Å². The molecule has 1 aromatic rings. The third-order valence-electron chi connectivity index (χ3n) is 2.88. The summed E-state index contributed by atoms with van der Waals surface area (Å²) >= 11 is 5.88. The van der Waals surface area contributed by atoms with Gasteiger partial charge in [0.1, 0.15) is 0 Å². The fourth-order valence-electron chi connectivity index (χ4n) is 1.75. The molecule has 1 rings (SSSR count). The SMILES string of the molecule is CCC(Nc1ccc(C(F)(F)F)cc1Cl)C(C)C. The van der Waals surface area contributed by atoms with Crippen molar-refractivity contribution in [3.05, 3.63) is 28.8 Å². The first-order valence-electron chi connectivity index (χ1n) is 5.89. The van der Waals surface area contributed by atoms with Gasteiger partial charge in [-0.3, -0.25) is 0 Å². The standard InChI is InChI=1S/C13H17ClF3N/c1-4-11(8(2)3)18-12-6-5-9(7-10(12)14)13(15,16)17/h5-8,11,18H,4H2,1-3H3. The van der Waals surface area contributed by atoms with E-state index >= 15 is 0 Å². The lowest BCUT2D eigenvalue weighted by Crippen LogP contribution is -2.24. The molecule has 0 saturated carbocycles. The average molecular weight is 280 g/mol. The summed E-state index contributed by atoms with van der Waals surface area (Å²) < 4.78 is 37.4. The van der Waals surface area contributed by atoms with Crippen LogP contribution in [0.1, 0.15) is 32.8 Å². The van der Waals surface area contributed by atoms with Crippen molar-refractivity contribution < 1.29 is 13.2 Å². The van der Waals surface area contributed by atoms with E-state index in [1.807, 2.05) is 6.92 Å². The molecule has 0 aliphatic rings. The van der Waals surface area contributed by atoms with E-state index in [1.54, 1.807) is 0 Å². The Hall–Kier alpha value is -0.900. The highest BCUT2D eigenvalue weighted by Crippen LogP contribution is 2.34. The van der Waals surface area contributed by atoms with Gasteiger partial charge in [0.2, 0.25) is 0 Å². The van der Waals surface area contributed by atoms with Gasteiger partial charge in [0.25, 0.3) is 0 Å². The summed E-state index contributed by atoms with van der Waals surface area (Å²) in [6, 6.07) is 3.58. The van der Waals surface area contributed by atoms with Crippen LogP contribution < -0.4 is 5.32 Å². The minimum absolute atomic E-state index is 0.101. The predicted molar refractivity (Wildman–Crippen MR) is 69.0 cm³/mol. The lowest BCUT2D eigenvalue weighted by Gasteiger charge is -2.23. The molecule has 0 bridgehead atoms. The molecule has 0 amide bonds. The Morgan fingerprint density at radius 2 is 1.89 bits per heavy atom. The van der Waals surface area contributed by atoms with Gasteiger partial charge >= 0.3 is 6.18 Å². The van der Waals surface area contributed by atoms with Crippen LogP contribution in [0.5, 0.6) is 0 Å². The van der Waals surface area contributed by atoms with E-state index in [0.717, 1.165) is 18.6 Å². The summed E-state index contributed by atoms with van der Waals surface area (Å²) in [7, 11) is 0. The first-order valence-corrected chi connectivity index (χ1v) is 6.26. The smallest absolute Gasteiger partial charge is 0.381 e. The summed E-state index contributed by atoms with van der Waals surface area (Å²) in [6.07, 6.45) is -3.47. The number of alkyl halides is 3. The van der Waals surface area contributed by atoms with Gasteiger partial charge in [0, 0.05) is 6.04 Å². The predicted octanol–water partition coefficient (Wildman–Crippen LogP) is 5.21. The second-order valence-corrected chi connectivity index (χ2v) is 5.00.